The maximum absolute atomic E-state index is 13.4. The van der Waals surface area contributed by atoms with E-state index in [0.717, 1.165) is 23.6 Å². The summed E-state index contributed by atoms with van der Waals surface area (Å²) < 4.78 is 15.1. The lowest BCUT2D eigenvalue weighted by atomic mass is 10.1. The average molecular weight is 353 g/mol. The number of thiophene rings is 1. The summed E-state index contributed by atoms with van der Waals surface area (Å²) in [6.07, 6.45) is 0.463. The highest BCUT2D eigenvalue weighted by molar-refractivity contribution is 7.09. The lowest BCUT2D eigenvalue weighted by molar-refractivity contribution is 0.625. The largest absolute Gasteiger partial charge is 0.365 e. The van der Waals surface area contributed by atoms with E-state index in [1.165, 1.54) is 17.0 Å². The summed E-state index contributed by atoms with van der Waals surface area (Å²) in [6.45, 7) is 2.65. The molecule has 126 valence electrons. The van der Waals surface area contributed by atoms with Gasteiger partial charge in [-0.1, -0.05) is 18.2 Å². The van der Waals surface area contributed by atoms with Crippen LogP contribution < -0.4 is 5.32 Å². The number of rotatable bonds is 5. The van der Waals surface area contributed by atoms with Gasteiger partial charge in [-0.15, -0.1) is 16.4 Å². The first kappa shape index (κ1) is 15.7. The Morgan fingerprint density at radius 2 is 2.08 bits per heavy atom. The molecule has 7 heteroatoms. The van der Waals surface area contributed by atoms with Crippen molar-refractivity contribution < 1.29 is 4.39 Å². The molecule has 1 aromatic carbocycles. The lowest BCUT2D eigenvalue weighted by Crippen LogP contribution is -2.06. The van der Waals surface area contributed by atoms with Crippen molar-refractivity contribution in [2.75, 3.05) is 5.32 Å². The first-order valence-electron chi connectivity index (χ1n) is 7.91. The molecule has 0 radical (unpaired) electrons. The average Bonchev–Trinajstić information content (AvgIpc) is 3.21. The van der Waals surface area contributed by atoms with Gasteiger partial charge < -0.3 is 5.32 Å². The highest BCUT2D eigenvalue weighted by atomic mass is 32.1. The molecule has 0 amide bonds. The second-order valence-corrected chi connectivity index (χ2v) is 6.79. The standard InChI is InChI=1S/C18H16FN5S/c1-12-8-17(20-11-15-6-3-7-25-15)24-18(21-12)22-16(23-24)10-13-4-2-5-14(19)9-13/h2-9,20H,10-11H2,1H3. The molecule has 3 aromatic heterocycles. The third kappa shape index (κ3) is 3.51. The van der Waals surface area contributed by atoms with Gasteiger partial charge in [-0.25, -0.2) is 9.37 Å². The van der Waals surface area contributed by atoms with E-state index in [4.69, 9.17) is 0 Å². The van der Waals surface area contributed by atoms with Crippen LogP contribution in [0.3, 0.4) is 0 Å². The van der Waals surface area contributed by atoms with Gasteiger partial charge in [-0.05, 0) is 36.1 Å². The van der Waals surface area contributed by atoms with Gasteiger partial charge in [0.2, 0.25) is 0 Å². The molecular formula is C18H16FN5S. The van der Waals surface area contributed by atoms with Crippen LogP contribution in [0.4, 0.5) is 10.2 Å². The van der Waals surface area contributed by atoms with Crippen LogP contribution in [0.1, 0.15) is 22.0 Å². The van der Waals surface area contributed by atoms with E-state index in [-0.39, 0.29) is 5.82 Å². The van der Waals surface area contributed by atoms with Crippen molar-refractivity contribution in [1.82, 2.24) is 19.6 Å². The number of benzene rings is 1. The number of halogens is 1. The number of anilines is 1. The first-order chi connectivity index (χ1) is 12.2. The van der Waals surface area contributed by atoms with Crippen LogP contribution in [-0.4, -0.2) is 19.6 Å². The quantitative estimate of drug-likeness (QED) is 0.592. The first-order valence-corrected chi connectivity index (χ1v) is 8.79. The molecular weight excluding hydrogens is 337 g/mol. The Hall–Kier alpha value is -2.80. The van der Waals surface area contributed by atoms with Gasteiger partial charge in [0.05, 0.1) is 6.54 Å². The molecule has 1 N–H and O–H groups in total. The molecule has 0 fully saturated rings. The van der Waals surface area contributed by atoms with Crippen molar-refractivity contribution in [2.24, 2.45) is 0 Å². The van der Waals surface area contributed by atoms with E-state index in [0.29, 0.717) is 18.0 Å². The van der Waals surface area contributed by atoms with E-state index >= 15 is 0 Å². The number of nitrogens with one attached hydrogen (secondary N) is 1. The summed E-state index contributed by atoms with van der Waals surface area (Å²) >= 11 is 1.70. The van der Waals surface area contributed by atoms with Gasteiger partial charge in [0, 0.05) is 23.1 Å². The Balaban J connectivity index is 1.63. The van der Waals surface area contributed by atoms with E-state index in [1.54, 1.807) is 21.9 Å². The monoisotopic (exact) mass is 353 g/mol. The second-order valence-electron chi connectivity index (χ2n) is 5.76. The normalized spacial score (nSPS) is 11.1. The molecule has 3 heterocycles. The van der Waals surface area contributed by atoms with E-state index in [2.05, 4.69) is 31.8 Å². The minimum Gasteiger partial charge on any atom is -0.365 e. The van der Waals surface area contributed by atoms with Crippen LogP contribution in [0.15, 0.2) is 47.8 Å². The molecule has 0 saturated heterocycles. The van der Waals surface area contributed by atoms with Crippen molar-refractivity contribution in [3.63, 3.8) is 0 Å². The number of hydrogen-bond acceptors (Lipinski definition) is 5. The number of aryl methyl sites for hydroxylation is 1. The lowest BCUT2D eigenvalue weighted by Gasteiger charge is -2.07. The summed E-state index contributed by atoms with van der Waals surface area (Å²) in [6, 6.07) is 12.5. The molecule has 0 atom stereocenters. The van der Waals surface area contributed by atoms with Crippen molar-refractivity contribution in [2.45, 2.75) is 19.9 Å². The Bertz CT molecular complexity index is 1010. The SMILES string of the molecule is Cc1cc(NCc2cccs2)n2nc(Cc3cccc(F)c3)nc2n1. The van der Waals surface area contributed by atoms with Crippen LogP contribution in [0.25, 0.3) is 5.78 Å². The molecule has 4 aromatic rings. The molecule has 5 nitrogen and oxygen atoms in total. The molecule has 0 saturated carbocycles. The third-order valence-corrected chi connectivity index (χ3v) is 4.64. The van der Waals surface area contributed by atoms with Gasteiger partial charge in [0.15, 0.2) is 5.82 Å². The molecule has 4 rings (SSSR count). The minimum absolute atomic E-state index is 0.256. The summed E-state index contributed by atoms with van der Waals surface area (Å²) in [4.78, 5) is 10.2. The third-order valence-electron chi connectivity index (χ3n) is 3.76. The molecule has 0 aliphatic carbocycles. The van der Waals surface area contributed by atoms with Crippen molar-refractivity contribution >= 4 is 22.9 Å². The Morgan fingerprint density at radius 3 is 2.88 bits per heavy atom. The fourth-order valence-electron chi connectivity index (χ4n) is 2.65. The predicted octanol–water partition coefficient (Wildman–Crippen LogP) is 3.84. The van der Waals surface area contributed by atoms with Crippen LogP contribution in [-0.2, 0) is 13.0 Å². The van der Waals surface area contributed by atoms with Crippen LogP contribution in [0.5, 0.6) is 0 Å². The smallest absolute Gasteiger partial charge is 0.254 e. The minimum atomic E-state index is -0.256. The maximum Gasteiger partial charge on any atom is 0.254 e. The Morgan fingerprint density at radius 1 is 1.16 bits per heavy atom. The van der Waals surface area contributed by atoms with Crippen molar-refractivity contribution in [1.29, 1.82) is 0 Å². The van der Waals surface area contributed by atoms with Gasteiger partial charge in [0.25, 0.3) is 5.78 Å². The summed E-state index contributed by atoms with van der Waals surface area (Å²) in [5, 5.41) is 9.98. The predicted molar refractivity (Wildman–Crippen MR) is 96.4 cm³/mol. The zero-order valence-electron chi connectivity index (χ0n) is 13.6. The molecule has 0 aliphatic heterocycles. The van der Waals surface area contributed by atoms with Crippen LogP contribution >= 0.6 is 11.3 Å². The topological polar surface area (TPSA) is 55.1 Å². The van der Waals surface area contributed by atoms with Crippen molar-refractivity contribution in [3.05, 3.63) is 75.6 Å². The van der Waals surface area contributed by atoms with Gasteiger partial charge in [0.1, 0.15) is 11.6 Å². The van der Waals surface area contributed by atoms with Crippen LogP contribution in [0, 0.1) is 12.7 Å². The highest BCUT2D eigenvalue weighted by Gasteiger charge is 2.11. The van der Waals surface area contributed by atoms with Gasteiger partial charge >= 0.3 is 0 Å². The fraction of sp³-hybridized carbons (Fsp3) is 0.167. The van der Waals surface area contributed by atoms with Gasteiger partial charge in [-0.2, -0.15) is 9.50 Å². The highest BCUT2D eigenvalue weighted by Crippen LogP contribution is 2.16. The van der Waals surface area contributed by atoms with E-state index < -0.39 is 0 Å². The summed E-state index contributed by atoms with van der Waals surface area (Å²) in [7, 11) is 0. The zero-order chi connectivity index (χ0) is 17.2. The number of aromatic nitrogens is 4. The summed E-state index contributed by atoms with van der Waals surface area (Å²) in [5.74, 6) is 1.74. The molecule has 0 spiro atoms. The zero-order valence-corrected chi connectivity index (χ0v) is 14.4. The molecule has 0 aliphatic rings. The van der Waals surface area contributed by atoms with E-state index in [9.17, 15) is 4.39 Å². The molecule has 25 heavy (non-hydrogen) atoms. The molecule has 0 bridgehead atoms. The van der Waals surface area contributed by atoms with Crippen molar-refractivity contribution in [3.8, 4) is 0 Å². The Kier molecular flexibility index (Phi) is 4.15. The van der Waals surface area contributed by atoms with E-state index in [1.807, 2.05) is 25.1 Å². The summed E-state index contributed by atoms with van der Waals surface area (Å²) in [5.41, 5.74) is 1.70. The second kappa shape index (κ2) is 6.60. The van der Waals surface area contributed by atoms with Gasteiger partial charge in [-0.3, -0.25) is 0 Å². The number of nitrogens with zero attached hydrogens (tertiary/aromatic N) is 4. The molecule has 0 unspecified atom stereocenters. The Labute approximate surface area is 148 Å². The number of hydrogen-bond donors (Lipinski definition) is 1. The maximum atomic E-state index is 13.4. The fourth-order valence-corrected chi connectivity index (χ4v) is 3.29. The van der Waals surface area contributed by atoms with Crippen LogP contribution in [0.2, 0.25) is 0 Å². The number of fused-ring (bicyclic) bond motifs is 1.